The summed E-state index contributed by atoms with van der Waals surface area (Å²) in [4.78, 5) is 4.05. The highest BCUT2D eigenvalue weighted by atomic mass is 35.5. The van der Waals surface area contributed by atoms with Crippen LogP contribution in [0.1, 0.15) is 16.7 Å². The van der Waals surface area contributed by atoms with Crippen molar-refractivity contribution in [1.82, 2.24) is 4.98 Å². The Bertz CT molecular complexity index is 535. The number of hydrogen-bond acceptors (Lipinski definition) is 2. The third-order valence-corrected chi connectivity index (χ3v) is 2.92. The number of anilines is 1. The number of aromatic nitrogens is 1. The van der Waals surface area contributed by atoms with Crippen molar-refractivity contribution in [3.8, 4) is 0 Å². The normalized spacial score (nSPS) is 10.5. The molecule has 0 aliphatic carbocycles. The van der Waals surface area contributed by atoms with Gasteiger partial charge in [-0.3, -0.25) is 0 Å². The van der Waals surface area contributed by atoms with Gasteiger partial charge in [0.25, 0.3) is 0 Å². The summed E-state index contributed by atoms with van der Waals surface area (Å²) in [5, 5.41) is 0.408. The first-order valence-electron chi connectivity index (χ1n) is 5.22. The fraction of sp³-hybridized carbons (Fsp3) is 0.154. The van der Waals surface area contributed by atoms with Crippen molar-refractivity contribution in [3.63, 3.8) is 0 Å². The number of aryl methyl sites for hydroxylation is 1. The van der Waals surface area contributed by atoms with E-state index in [9.17, 15) is 4.39 Å². The van der Waals surface area contributed by atoms with Crippen LogP contribution in [0.5, 0.6) is 0 Å². The predicted molar refractivity (Wildman–Crippen MR) is 67.6 cm³/mol. The largest absolute Gasteiger partial charge is 0.383 e. The molecule has 1 heterocycles. The van der Waals surface area contributed by atoms with Crippen molar-refractivity contribution in [1.29, 1.82) is 0 Å². The minimum absolute atomic E-state index is 0.321. The fourth-order valence-electron chi connectivity index (χ4n) is 1.67. The molecule has 0 aliphatic heterocycles. The average molecular weight is 251 g/mol. The first-order chi connectivity index (χ1) is 8.08. The Morgan fingerprint density at radius 3 is 2.88 bits per heavy atom. The van der Waals surface area contributed by atoms with E-state index in [0.29, 0.717) is 22.8 Å². The van der Waals surface area contributed by atoms with Gasteiger partial charge in [-0.25, -0.2) is 9.37 Å². The quantitative estimate of drug-likeness (QED) is 0.888. The zero-order valence-electron chi connectivity index (χ0n) is 9.37. The van der Waals surface area contributed by atoms with Crippen molar-refractivity contribution in [2.24, 2.45) is 0 Å². The zero-order chi connectivity index (χ0) is 12.4. The number of nitrogen functional groups attached to an aromatic ring is 1. The van der Waals surface area contributed by atoms with E-state index in [4.69, 9.17) is 17.3 Å². The molecule has 17 heavy (non-hydrogen) atoms. The molecule has 0 unspecified atom stereocenters. The molecule has 0 fully saturated rings. The number of halogens is 2. The lowest BCUT2D eigenvalue weighted by molar-refractivity contribution is 0.614. The lowest BCUT2D eigenvalue weighted by Crippen LogP contribution is -2.01. The SMILES string of the molecule is Cc1cnc(N)c(Cc2c(F)cccc2Cl)c1. The van der Waals surface area contributed by atoms with E-state index in [-0.39, 0.29) is 5.82 Å². The zero-order valence-corrected chi connectivity index (χ0v) is 10.1. The van der Waals surface area contributed by atoms with E-state index in [1.807, 2.05) is 13.0 Å². The first kappa shape index (κ1) is 11.9. The number of nitrogens with zero attached hydrogens (tertiary/aromatic N) is 1. The van der Waals surface area contributed by atoms with Crippen LogP contribution >= 0.6 is 11.6 Å². The van der Waals surface area contributed by atoms with Gasteiger partial charge in [0.2, 0.25) is 0 Å². The highest BCUT2D eigenvalue weighted by Gasteiger charge is 2.10. The van der Waals surface area contributed by atoms with Gasteiger partial charge < -0.3 is 5.73 Å². The summed E-state index contributed by atoms with van der Waals surface area (Å²) < 4.78 is 13.6. The van der Waals surface area contributed by atoms with Crippen molar-refractivity contribution < 1.29 is 4.39 Å². The molecule has 2 aromatic rings. The Kier molecular flexibility index (Phi) is 3.29. The molecule has 0 saturated carbocycles. The van der Waals surface area contributed by atoms with Gasteiger partial charge in [0, 0.05) is 23.2 Å². The summed E-state index contributed by atoms with van der Waals surface area (Å²) in [5.74, 6) is 0.0910. The maximum Gasteiger partial charge on any atom is 0.128 e. The smallest absolute Gasteiger partial charge is 0.128 e. The maximum atomic E-state index is 13.6. The van der Waals surface area contributed by atoms with Crippen LogP contribution in [-0.2, 0) is 6.42 Å². The summed E-state index contributed by atoms with van der Waals surface area (Å²) in [7, 11) is 0. The molecule has 88 valence electrons. The van der Waals surface area contributed by atoms with Crippen LogP contribution in [0.4, 0.5) is 10.2 Å². The number of benzene rings is 1. The van der Waals surface area contributed by atoms with E-state index in [1.165, 1.54) is 6.07 Å². The molecule has 0 aliphatic rings. The minimum Gasteiger partial charge on any atom is -0.383 e. The Balaban J connectivity index is 2.41. The van der Waals surface area contributed by atoms with E-state index in [2.05, 4.69) is 4.98 Å². The van der Waals surface area contributed by atoms with E-state index in [0.717, 1.165) is 11.1 Å². The van der Waals surface area contributed by atoms with Gasteiger partial charge in [-0.15, -0.1) is 0 Å². The second-order valence-electron chi connectivity index (χ2n) is 3.93. The van der Waals surface area contributed by atoms with Crippen molar-refractivity contribution >= 4 is 17.4 Å². The average Bonchev–Trinajstić information content (AvgIpc) is 2.28. The Morgan fingerprint density at radius 1 is 1.41 bits per heavy atom. The molecular formula is C13H12ClFN2. The second kappa shape index (κ2) is 4.72. The van der Waals surface area contributed by atoms with Crippen LogP contribution in [0.25, 0.3) is 0 Å². The van der Waals surface area contributed by atoms with Crippen molar-refractivity contribution in [2.45, 2.75) is 13.3 Å². The van der Waals surface area contributed by atoms with Crippen LogP contribution in [0.2, 0.25) is 5.02 Å². The van der Waals surface area contributed by atoms with E-state index >= 15 is 0 Å². The summed E-state index contributed by atoms with van der Waals surface area (Å²) in [6.07, 6.45) is 2.04. The van der Waals surface area contributed by atoms with Gasteiger partial charge >= 0.3 is 0 Å². The van der Waals surface area contributed by atoms with E-state index < -0.39 is 0 Å². The van der Waals surface area contributed by atoms with Gasteiger partial charge in [0.05, 0.1) is 0 Å². The summed E-state index contributed by atoms with van der Waals surface area (Å²) in [6, 6.07) is 6.53. The molecular weight excluding hydrogens is 239 g/mol. The molecule has 4 heteroatoms. The Morgan fingerprint density at radius 2 is 2.18 bits per heavy atom. The first-order valence-corrected chi connectivity index (χ1v) is 5.59. The van der Waals surface area contributed by atoms with Gasteiger partial charge in [-0.2, -0.15) is 0 Å². The van der Waals surface area contributed by atoms with Crippen LogP contribution in [0.3, 0.4) is 0 Å². The van der Waals surface area contributed by atoms with Gasteiger partial charge in [-0.05, 0) is 30.2 Å². The topological polar surface area (TPSA) is 38.9 Å². The summed E-state index contributed by atoms with van der Waals surface area (Å²) in [6.45, 7) is 1.92. The standard InChI is InChI=1S/C13H12ClFN2/c1-8-5-9(13(16)17-7-8)6-10-11(14)3-2-4-12(10)15/h2-5,7H,6H2,1H3,(H2,16,17). The number of nitrogens with two attached hydrogens (primary N) is 1. The maximum absolute atomic E-state index is 13.6. The highest BCUT2D eigenvalue weighted by Crippen LogP contribution is 2.24. The molecule has 0 atom stereocenters. The van der Waals surface area contributed by atoms with Gasteiger partial charge in [0.1, 0.15) is 11.6 Å². The molecule has 0 amide bonds. The molecule has 0 saturated heterocycles. The summed E-state index contributed by atoms with van der Waals surface area (Å²) in [5.41, 5.74) is 7.99. The Hall–Kier alpha value is -1.61. The number of pyridine rings is 1. The van der Waals surface area contributed by atoms with Crippen LogP contribution in [-0.4, -0.2) is 4.98 Å². The van der Waals surface area contributed by atoms with Gasteiger partial charge in [-0.1, -0.05) is 23.7 Å². The lowest BCUT2D eigenvalue weighted by atomic mass is 10.0. The fourth-order valence-corrected chi connectivity index (χ4v) is 1.90. The molecule has 2 rings (SSSR count). The van der Waals surface area contributed by atoms with Crippen molar-refractivity contribution in [2.75, 3.05) is 5.73 Å². The molecule has 2 N–H and O–H groups in total. The van der Waals surface area contributed by atoms with Crippen molar-refractivity contribution in [3.05, 3.63) is 58.0 Å². The third kappa shape index (κ3) is 2.56. The molecule has 1 aromatic carbocycles. The molecule has 0 spiro atoms. The minimum atomic E-state index is -0.321. The predicted octanol–water partition coefficient (Wildman–Crippen LogP) is 3.36. The second-order valence-corrected chi connectivity index (χ2v) is 4.34. The van der Waals surface area contributed by atoms with Crippen LogP contribution in [0.15, 0.2) is 30.5 Å². The Labute approximate surface area is 104 Å². The van der Waals surface area contributed by atoms with Crippen LogP contribution < -0.4 is 5.73 Å². The molecule has 0 bridgehead atoms. The third-order valence-electron chi connectivity index (χ3n) is 2.57. The van der Waals surface area contributed by atoms with E-state index in [1.54, 1.807) is 18.3 Å². The number of hydrogen-bond donors (Lipinski definition) is 1. The summed E-state index contributed by atoms with van der Waals surface area (Å²) >= 11 is 5.97. The molecule has 1 aromatic heterocycles. The lowest BCUT2D eigenvalue weighted by Gasteiger charge is -2.08. The molecule has 2 nitrogen and oxygen atoms in total. The van der Waals surface area contributed by atoms with Gasteiger partial charge in [0.15, 0.2) is 0 Å². The monoisotopic (exact) mass is 250 g/mol. The highest BCUT2D eigenvalue weighted by molar-refractivity contribution is 6.31. The molecule has 0 radical (unpaired) electrons. The number of rotatable bonds is 2. The van der Waals surface area contributed by atoms with Crippen LogP contribution in [0, 0.1) is 12.7 Å².